The van der Waals surface area contributed by atoms with E-state index in [1.807, 2.05) is 60.8 Å². The summed E-state index contributed by atoms with van der Waals surface area (Å²) in [5.74, 6) is 1.91. The lowest BCUT2D eigenvalue weighted by Crippen LogP contribution is -2.35. The number of imidazole rings is 1. The molecule has 0 radical (unpaired) electrons. The Morgan fingerprint density at radius 3 is 2.82 bits per heavy atom. The second kappa shape index (κ2) is 9.52. The smallest absolute Gasteiger partial charge is 0.140 e. The van der Waals surface area contributed by atoms with Crippen molar-refractivity contribution in [3.8, 4) is 11.5 Å². The van der Waals surface area contributed by atoms with Crippen LogP contribution < -0.4 is 4.74 Å². The highest BCUT2D eigenvalue weighted by Gasteiger charge is 2.26. The summed E-state index contributed by atoms with van der Waals surface area (Å²) < 4.78 is 6.22. The number of piperidine rings is 1. The molecule has 0 saturated carbocycles. The van der Waals surface area contributed by atoms with Crippen LogP contribution in [-0.4, -0.2) is 44.3 Å². The predicted molar refractivity (Wildman–Crippen MR) is 125 cm³/mol. The summed E-state index contributed by atoms with van der Waals surface area (Å²) in [6.45, 7) is 1.31. The van der Waals surface area contributed by atoms with Crippen molar-refractivity contribution < 1.29 is 14.6 Å². The molecule has 1 fully saturated rings. The van der Waals surface area contributed by atoms with Gasteiger partial charge >= 0.3 is 0 Å². The maximum Gasteiger partial charge on any atom is 0.140 e. The van der Waals surface area contributed by atoms with Gasteiger partial charge < -0.3 is 19.6 Å². The molecule has 3 heterocycles. The maximum absolute atomic E-state index is 11.2. The van der Waals surface area contributed by atoms with Crippen LogP contribution in [0.2, 0.25) is 0 Å². The highest BCUT2D eigenvalue weighted by atomic mass is 16.5. The molecule has 2 aromatic heterocycles. The number of aldehydes is 1. The van der Waals surface area contributed by atoms with Crippen molar-refractivity contribution in [2.24, 2.45) is 0 Å². The maximum atomic E-state index is 11.2. The number of carbonyl (C=O) groups is 1. The number of nitrogens with zero attached hydrogens (tertiary/aromatic N) is 3. The quantitative estimate of drug-likeness (QED) is 0.408. The number of aliphatic hydroxyl groups is 1. The fraction of sp³-hybridized carbons (Fsp3) is 0.269. The number of aliphatic hydroxyl groups excluding tert-OH is 1. The first kappa shape index (κ1) is 21.3. The van der Waals surface area contributed by atoms with Crippen molar-refractivity contribution in [3.05, 3.63) is 83.9 Å². The van der Waals surface area contributed by atoms with Crippen LogP contribution in [0, 0.1) is 0 Å². The summed E-state index contributed by atoms with van der Waals surface area (Å²) in [5, 5.41) is 10.8. The lowest BCUT2D eigenvalue weighted by atomic mass is 9.96. The summed E-state index contributed by atoms with van der Waals surface area (Å²) in [6.07, 6.45) is 6.83. The molecule has 33 heavy (non-hydrogen) atoms. The topological polar surface area (TPSA) is 91.3 Å². The molecule has 4 aromatic rings. The van der Waals surface area contributed by atoms with E-state index in [1.54, 1.807) is 6.20 Å². The molecule has 2 aromatic carbocycles. The summed E-state index contributed by atoms with van der Waals surface area (Å²) in [4.78, 5) is 25.3. The van der Waals surface area contributed by atoms with E-state index < -0.39 is 6.10 Å². The Morgan fingerprint density at radius 2 is 2.00 bits per heavy atom. The molecule has 7 nitrogen and oxygen atoms in total. The number of likely N-dealkylation sites (tertiary alicyclic amines) is 1. The number of nitrogens with one attached hydrogen (secondary N) is 1. The van der Waals surface area contributed by atoms with Crippen LogP contribution in [0.25, 0.3) is 11.0 Å². The van der Waals surface area contributed by atoms with Gasteiger partial charge in [0, 0.05) is 24.0 Å². The summed E-state index contributed by atoms with van der Waals surface area (Å²) in [7, 11) is 0. The fourth-order valence-electron chi connectivity index (χ4n) is 4.50. The lowest BCUT2D eigenvalue weighted by molar-refractivity contribution is -0.109. The van der Waals surface area contributed by atoms with Crippen molar-refractivity contribution in [3.63, 3.8) is 0 Å². The molecule has 168 valence electrons. The second-order valence-corrected chi connectivity index (χ2v) is 8.30. The van der Waals surface area contributed by atoms with Crippen molar-refractivity contribution in [2.75, 3.05) is 13.1 Å². The number of aromatic nitrogens is 3. The van der Waals surface area contributed by atoms with Gasteiger partial charge in [0.1, 0.15) is 29.7 Å². The third kappa shape index (κ3) is 4.51. The van der Waals surface area contributed by atoms with Crippen molar-refractivity contribution in [1.82, 2.24) is 19.9 Å². The average molecular weight is 443 g/mol. The van der Waals surface area contributed by atoms with E-state index >= 15 is 0 Å². The van der Waals surface area contributed by atoms with E-state index in [2.05, 4.69) is 19.9 Å². The van der Waals surface area contributed by atoms with Crippen molar-refractivity contribution in [1.29, 1.82) is 0 Å². The third-order valence-electron chi connectivity index (χ3n) is 6.18. The van der Waals surface area contributed by atoms with E-state index in [-0.39, 0.29) is 6.04 Å². The van der Waals surface area contributed by atoms with Crippen molar-refractivity contribution >= 4 is 17.3 Å². The molecule has 7 heteroatoms. The first-order valence-electron chi connectivity index (χ1n) is 11.2. The van der Waals surface area contributed by atoms with Gasteiger partial charge in [0.25, 0.3) is 0 Å². The average Bonchev–Trinajstić information content (AvgIpc) is 3.30. The van der Waals surface area contributed by atoms with Gasteiger partial charge in [-0.15, -0.1) is 0 Å². The van der Waals surface area contributed by atoms with E-state index in [0.29, 0.717) is 18.1 Å². The number of benzene rings is 2. The van der Waals surface area contributed by atoms with Gasteiger partial charge in [-0.05, 0) is 55.3 Å². The third-order valence-corrected chi connectivity index (χ3v) is 6.18. The Kier molecular flexibility index (Phi) is 6.15. The first-order valence-corrected chi connectivity index (χ1v) is 11.2. The van der Waals surface area contributed by atoms with E-state index in [9.17, 15) is 9.90 Å². The number of fused-ring (bicyclic) bond motifs is 1. The molecule has 0 aliphatic carbocycles. The Balaban J connectivity index is 1.35. The van der Waals surface area contributed by atoms with Crippen LogP contribution in [0.15, 0.2) is 67.0 Å². The minimum atomic E-state index is -0.859. The molecule has 2 atom stereocenters. The van der Waals surface area contributed by atoms with Gasteiger partial charge in [-0.2, -0.15) is 0 Å². The number of aromatic amines is 1. The number of hydrogen-bond acceptors (Lipinski definition) is 6. The van der Waals surface area contributed by atoms with Crippen LogP contribution in [0.4, 0.5) is 0 Å². The minimum absolute atomic E-state index is 0.113. The van der Waals surface area contributed by atoms with Gasteiger partial charge in [0.05, 0.1) is 17.6 Å². The lowest BCUT2D eigenvalue weighted by Gasteiger charge is -2.35. The normalized spacial score (nSPS) is 17.7. The highest BCUT2D eigenvalue weighted by Crippen LogP contribution is 2.37. The number of H-pyrrole nitrogens is 1. The van der Waals surface area contributed by atoms with Gasteiger partial charge in [-0.1, -0.05) is 30.7 Å². The number of pyridine rings is 1. The largest absolute Gasteiger partial charge is 0.457 e. The Labute approximate surface area is 192 Å². The summed E-state index contributed by atoms with van der Waals surface area (Å²) in [5.41, 5.74) is 3.43. The fourth-order valence-corrected chi connectivity index (χ4v) is 4.50. The Bertz CT molecular complexity index is 1200. The molecule has 0 amide bonds. The predicted octanol–water partition coefficient (Wildman–Crippen LogP) is 4.56. The first-order chi connectivity index (χ1) is 16.2. The molecular weight excluding hydrogens is 416 g/mol. The van der Waals surface area contributed by atoms with Crippen LogP contribution in [-0.2, 0) is 4.79 Å². The minimum Gasteiger partial charge on any atom is -0.457 e. The molecule has 0 spiro atoms. The number of para-hydroxylation sites is 2. The van der Waals surface area contributed by atoms with Gasteiger partial charge in [0.2, 0.25) is 0 Å². The summed E-state index contributed by atoms with van der Waals surface area (Å²) in [6, 6.07) is 17.0. The van der Waals surface area contributed by atoms with Crippen LogP contribution >= 0.6 is 0 Å². The zero-order valence-electron chi connectivity index (χ0n) is 18.2. The number of hydrogen-bond donors (Lipinski definition) is 2. The van der Waals surface area contributed by atoms with Gasteiger partial charge in [0.15, 0.2) is 0 Å². The number of carbonyl (C=O) groups excluding carboxylic acids is 1. The van der Waals surface area contributed by atoms with Crippen LogP contribution in [0.5, 0.6) is 11.5 Å². The molecular formula is C26H26N4O3. The summed E-state index contributed by atoms with van der Waals surface area (Å²) >= 11 is 0. The van der Waals surface area contributed by atoms with Gasteiger partial charge in [-0.3, -0.25) is 9.88 Å². The molecule has 1 saturated heterocycles. The molecule has 0 bridgehead atoms. The SMILES string of the molecule is O=CCN1CCCCC1c1cnccc1Oc1ccc(C(O)c2nc3ccccc3[nH]2)cc1. The zero-order valence-corrected chi connectivity index (χ0v) is 18.2. The van der Waals surface area contributed by atoms with Crippen LogP contribution in [0.3, 0.4) is 0 Å². The van der Waals surface area contributed by atoms with Crippen molar-refractivity contribution in [2.45, 2.75) is 31.4 Å². The van der Waals surface area contributed by atoms with E-state index in [1.165, 1.54) is 0 Å². The highest BCUT2D eigenvalue weighted by molar-refractivity contribution is 5.74. The van der Waals surface area contributed by atoms with Crippen LogP contribution in [0.1, 0.15) is 48.4 Å². The Hall–Kier alpha value is -3.55. The number of ether oxygens (including phenoxy) is 1. The second-order valence-electron chi connectivity index (χ2n) is 8.30. The molecule has 1 aliphatic heterocycles. The van der Waals surface area contributed by atoms with Gasteiger partial charge in [-0.25, -0.2) is 4.98 Å². The monoisotopic (exact) mass is 442 g/mol. The standard InChI is InChI=1S/C26H26N4O3/c31-16-15-30-14-4-3-7-23(30)20-17-27-13-12-24(20)33-19-10-8-18(9-11-19)25(32)26-28-21-5-1-2-6-22(21)29-26/h1-2,5-6,8-13,16-17,23,25,32H,3-4,7,14-15H2,(H,28,29). The zero-order chi connectivity index (χ0) is 22.6. The molecule has 2 N–H and O–H groups in total. The molecule has 5 rings (SSSR count). The molecule has 1 aliphatic rings. The van der Waals surface area contributed by atoms with E-state index in [0.717, 1.165) is 60.0 Å². The molecule has 2 unspecified atom stereocenters. The van der Waals surface area contributed by atoms with E-state index in [4.69, 9.17) is 4.74 Å². The Morgan fingerprint density at radius 1 is 1.15 bits per heavy atom. The number of rotatable bonds is 7.